The van der Waals surface area contributed by atoms with Crippen LogP contribution in [-0.4, -0.2) is 67.6 Å². The normalized spacial score (nSPS) is 19.8. The zero-order valence-corrected chi connectivity index (χ0v) is 24.5. The van der Waals surface area contributed by atoms with Gasteiger partial charge in [0.05, 0.1) is 25.2 Å². The first-order chi connectivity index (χ1) is 19.9. The summed E-state index contributed by atoms with van der Waals surface area (Å²) < 4.78 is 11.9. The molecule has 6 rings (SSSR count). The first-order valence-corrected chi connectivity index (χ1v) is 14.8. The summed E-state index contributed by atoms with van der Waals surface area (Å²) >= 11 is 0. The molecule has 3 aliphatic heterocycles. The molecule has 0 aromatic heterocycles. The molecule has 2 atom stereocenters. The number of anilines is 1. The molecule has 0 unspecified atom stereocenters. The van der Waals surface area contributed by atoms with Gasteiger partial charge in [0.25, 0.3) is 5.91 Å². The van der Waals surface area contributed by atoms with E-state index in [1.807, 2.05) is 54.0 Å². The maximum Gasteiger partial charge on any atom is 0.254 e. The zero-order valence-electron chi connectivity index (χ0n) is 24.5. The monoisotopic (exact) mass is 553 g/mol. The van der Waals surface area contributed by atoms with Gasteiger partial charge in [-0.2, -0.15) is 0 Å². The lowest BCUT2D eigenvalue weighted by Gasteiger charge is -2.47. The fraction of sp³-hybridized carbons (Fsp3) is 0.412. The zero-order chi connectivity index (χ0) is 28.7. The quantitative estimate of drug-likeness (QED) is 0.415. The Morgan fingerprint density at radius 3 is 2.29 bits per heavy atom. The smallest absolute Gasteiger partial charge is 0.254 e. The van der Waals surface area contributed by atoms with Gasteiger partial charge in [-0.05, 0) is 86.2 Å². The molecule has 7 nitrogen and oxygen atoms in total. The Bertz CT molecular complexity index is 1480. The molecule has 0 aliphatic carbocycles. The van der Waals surface area contributed by atoms with Gasteiger partial charge in [0.2, 0.25) is 5.91 Å². The van der Waals surface area contributed by atoms with Gasteiger partial charge in [0.15, 0.2) is 11.5 Å². The molecule has 2 amide bonds. The molecule has 214 valence electrons. The molecule has 0 radical (unpaired) electrons. The Balaban J connectivity index is 1.36. The molecule has 3 heterocycles. The maximum atomic E-state index is 14.5. The van der Waals surface area contributed by atoms with Crippen molar-refractivity contribution in [3.05, 3.63) is 88.0 Å². The Hall–Kier alpha value is -4.00. The lowest BCUT2D eigenvalue weighted by molar-refractivity contribution is -0.135. The van der Waals surface area contributed by atoms with E-state index in [9.17, 15) is 9.59 Å². The molecule has 41 heavy (non-hydrogen) atoms. The van der Waals surface area contributed by atoms with Crippen LogP contribution in [0.25, 0.3) is 0 Å². The van der Waals surface area contributed by atoms with E-state index in [4.69, 9.17) is 9.47 Å². The molecule has 1 saturated heterocycles. The lowest BCUT2D eigenvalue weighted by atomic mass is 9.75. The number of rotatable bonds is 6. The number of carbonyl (C=O) groups is 2. The second kappa shape index (κ2) is 11.1. The van der Waals surface area contributed by atoms with Gasteiger partial charge in [0, 0.05) is 44.0 Å². The third kappa shape index (κ3) is 4.81. The van der Waals surface area contributed by atoms with E-state index >= 15 is 0 Å². The summed E-state index contributed by atoms with van der Waals surface area (Å²) in [4.78, 5) is 34.6. The SMILES string of the molecule is CCOc1cc2c(cc1OCC)[C@H]1[C@H](C(=O)N3CCN(c4cc(C)ccc4C)CC3)c3ccccc3C(=O)N1CC2. The van der Waals surface area contributed by atoms with Crippen molar-refractivity contribution in [1.29, 1.82) is 0 Å². The number of carbonyl (C=O) groups excluding carboxylic acids is 2. The van der Waals surface area contributed by atoms with E-state index in [2.05, 4.69) is 43.0 Å². The average Bonchev–Trinajstić information content (AvgIpc) is 2.99. The molecule has 0 N–H and O–H groups in total. The highest BCUT2D eigenvalue weighted by Crippen LogP contribution is 2.49. The molecule has 0 spiro atoms. The minimum atomic E-state index is -0.484. The molecule has 3 aliphatic rings. The third-order valence-electron chi connectivity index (χ3n) is 8.75. The topological polar surface area (TPSA) is 62.3 Å². The van der Waals surface area contributed by atoms with Crippen LogP contribution in [0.3, 0.4) is 0 Å². The minimum absolute atomic E-state index is 0.00751. The summed E-state index contributed by atoms with van der Waals surface area (Å²) in [5, 5.41) is 0. The summed E-state index contributed by atoms with van der Waals surface area (Å²) in [6.07, 6.45) is 0.710. The van der Waals surface area contributed by atoms with Crippen molar-refractivity contribution in [2.75, 3.05) is 50.8 Å². The summed E-state index contributed by atoms with van der Waals surface area (Å²) in [5.41, 5.74) is 7.28. The van der Waals surface area contributed by atoms with Crippen LogP contribution in [0.4, 0.5) is 5.69 Å². The van der Waals surface area contributed by atoms with Crippen molar-refractivity contribution in [2.45, 2.75) is 46.1 Å². The van der Waals surface area contributed by atoms with Crippen molar-refractivity contribution in [2.24, 2.45) is 0 Å². The fourth-order valence-electron chi connectivity index (χ4n) is 6.76. The predicted molar refractivity (Wildman–Crippen MR) is 160 cm³/mol. The molecule has 0 bridgehead atoms. The van der Waals surface area contributed by atoms with Crippen LogP contribution in [0.2, 0.25) is 0 Å². The molecule has 3 aromatic rings. The number of ether oxygens (including phenoxy) is 2. The van der Waals surface area contributed by atoms with Crippen LogP contribution in [0, 0.1) is 13.8 Å². The largest absolute Gasteiger partial charge is 0.490 e. The molecule has 1 fully saturated rings. The van der Waals surface area contributed by atoms with Crippen molar-refractivity contribution in [3.63, 3.8) is 0 Å². The molecule has 0 saturated carbocycles. The number of benzene rings is 3. The first kappa shape index (κ1) is 27.2. The van der Waals surface area contributed by atoms with Gasteiger partial charge in [-0.15, -0.1) is 0 Å². The van der Waals surface area contributed by atoms with Crippen LogP contribution in [0.5, 0.6) is 11.5 Å². The molecular weight excluding hydrogens is 514 g/mol. The summed E-state index contributed by atoms with van der Waals surface area (Å²) in [6, 6.07) is 17.9. The highest BCUT2D eigenvalue weighted by atomic mass is 16.5. The Morgan fingerprint density at radius 2 is 1.56 bits per heavy atom. The lowest BCUT2D eigenvalue weighted by Crippen LogP contribution is -2.54. The maximum absolute atomic E-state index is 14.5. The van der Waals surface area contributed by atoms with Crippen LogP contribution < -0.4 is 14.4 Å². The number of nitrogens with zero attached hydrogens (tertiary/aromatic N) is 3. The van der Waals surface area contributed by atoms with E-state index in [0.717, 1.165) is 35.5 Å². The van der Waals surface area contributed by atoms with Crippen molar-refractivity contribution in [1.82, 2.24) is 9.80 Å². The Kier molecular flexibility index (Phi) is 7.37. The van der Waals surface area contributed by atoms with Crippen molar-refractivity contribution >= 4 is 17.5 Å². The standard InChI is InChI=1S/C34H39N3O4/c1-5-40-29-20-24-13-14-37-32(27(24)21-30(29)41-6-2)31(25-9-7-8-10-26(25)33(37)38)34(39)36-17-15-35(16-18-36)28-19-22(3)11-12-23(28)4/h7-12,19-21,31-32H,5-6,13-18H2,1-4H3/t31-,32+/m1/s1. The van der Waals surface area contributed by atoms with Crippen LogP contribution >= 0.6 is 0 Å². The molecular formula is C34H39N3O4. The van der Waals surface area contributed by atoms with Gasteiger partial charge in [-0.25, -0.2) is 0 Å². The first-order valence-electron chi connectivity index (χ1n) is 14.8. The highest BCUT2D eigenvalue weighted by Gasteiger charge is 2.48. The number of hydrogen-bond donors (Lipinski definition) is 0. The van der Waals surface area contributed by atoms with Gasteiger partial charge in [0.1, 0.15) is 0 Å². The average molecular weight is 554 g/mol. The van der Waals surface area contributed by atoms with Gasteiger partial charge >= 0.3 is 0 Å². The number of fused-ring (bicyclic) bond motifs is 4. The second-order valence-corrected chi connectivity index (χ2v) is 11.2. The number of aryl methyl sites for hydroxylation is 2. The highest BCUT2D eigenvalue weighted by molar-refractivity contribution is 6.01. The number of amides is 2. The van der Waals surface area contributed by atoms with Gasteiger partial charge in [-0.1, -0.05) is 30.3 Å². The van der Waals surface area contributed by atoms with E-state index in [1.54, 1.807) is 0 Å². The van der Waals surface area contributed by atoms with Crippen LogP contribution in [0.15, 0.2) is 54.6 Å². The molecule has 3 aromatic carbocycles. The number of piperazine rings is 1. The second-order valence-electron chi connectivity index (χ2n) is 11.2. The summed E-state index contributed by atoms with van der Waals surface area (Å²) in [7, 11) is 0. The van der Waals surface area contributed by atoms with E-state index < -0.39 is 5.92 Å². The fourth-order valence-corrected chi connectivity index (χ4v) is 6.76. The van der Waals surface area contributed by atoms with Gasteiger partial charge in [-0.3, -0.25) is 9.59 Å². The summed E-state index contributed by atoms with van der Waals surface area (Å²) in [6.45, 7) is 12.6. The van der Waals surface area contributed by atoms with Crippen LogP contribution in [-0.2, 0) is 11.2 Å². The summed E-state index contributed by atoms with van der Waals surface area (Å²) in [5.74, 6) is 0.971. The Morgan fingerprint density at radius 1 is 0.854 bits per heavy atom. The Labute approximate surface area is 242 Å². The van der Waals surface area contributed by atoms with Crippen LogP contribution in [0.1, 0.15) is 64.0 Å². The van der Waals surface area contributed by atoms with Crippen molar-refractivity contribution in [3.8, 4) is 11.5 Å². The van der Waals surface area contributed by atoms with E-state index in [1.165, 1.54) is 16.8 Å². The number of hydrogen-bond acceptors (Lipinski definition) is 5. The minimum Gasteiger partial charge on any atom is -0.490 e. The van der Waals surface area contributed by atoms with E-state index in [0.29, 0.717) is 50.6 Å². The predicted octanol–water partition coefficient (Wildman–Crippen LogP) is 5.29. The molecule has 7 heteroatoms. The van der Waals surface area contributed by atoms with E-state index in [-0.39, 0.29) is 17.9 Å². The van der Waals surface area contributed by atoms with Crippen molar-refractivity contribution < 1.29 is 19.1 Å². The van der Waals surface area contributed by atoms with Gasteiger partial charge < -0.3 is 24.2 Å². The third-order valence-corrected chi connectivity index (χ3v) is 8.75.